The molecule has 1 aliphatic rings. The van der Waals surface area contributed by atoms with E-state index in [9.17, 15) is 0 Å². The first kappa shape index (κ1) is 55.3. The number of nitrogens with zero attached hydrogens (tertiary/aromatic N) is 3. The molecule has 0 N–H and O–H groups in total. The Morgan fingerprint density at radius 3 is 1.07 bits per heavy atom. The predicted molar refractivity (Wildman–Crippen MR) is 349 cm³/mol. The summed E-state index contributed by atoms with van der Waals surface area (Å²) < 4.78 is 14.6. The molecule has 5 nitrogen and oxygen atoms in total. The minimum atomic E-state index is -0.378. The number of pyridine rings is 3. The molecular weight excluding hydrogens is 1120 g/mol. The molecule has 4 heterocycles. The minimum absolute atomic E-state index is 0.341. The van der Waals surface area contributed by atoms with E-state index in [1.54, 1.807) is 0 Å². The van der Waals surface area contributed by atoms with E-state index in [1.807, 2.05) is 37.2 Å². The average Bonchev–Trinajstić information content (AvgIpc) is 3.78. The molecule has 8 heteroatoms. The third-order valence-corrected chi connectivity index (χ3v) is 18.0. The lowest BCUT2D eigenvalue weighted by molar-refractivity contribution is 0.00578. The molecule has 0 spiro atoms. The second-order valence-electron chi connectivity index (χ2n) is 22.4. The van der Waals surface area contributed by atoms with Gasteiger partial charge >= 0.3 is 7.12 Å². The molecule has 9 aromatic carbocycles. The van der Waals surface area contributed by atoms with Crippen molar-refractivity contribution in [2.45, 2.75) is 80.4 Å². The van der Waals surface area contributed by atoms with Gasteiger partial charge in [-0.3, -0.25) is 15.0 Å². The number of fused-ring (bicyclic) bond motifs is 4. The van der Waals surface area contributed by atoms with Crippen molar-refractivity contribution in [3.8, 4) is 55.6 Å². The van der Waals surface area contributed by atoms with Gasteiger partial charge in [0.15, 0.2) is 0 Å². The van der Waals surface area contributed by atoms with Crippen LogP contribution in [0.15, 0.2) is 216 Å². The molecular formula is C73H64BBr2N3O2. The largest absolute Gasteiger partial charge is 0.496 e. The van der Waals surface area contributed by atoms with Gasteiger partial charge in [0, 0.05) is 79.4 Å². The molecule has 400 valence electrons. The lowest BCUT2D eigenvalue weighted by Crippen LogP contribution is -2.41. The Labute approximate surface area is 493 Å². The Bertz CT molecular complexity index is 4150. The zero-order valence-electron chi connectivity index (χ0n) is 47.6. The van der Waals surface area contributed by atoms with Crippen LogP contribution in [-0.4, -0.2) is 33.3 Å². The van der Waals surface area contributed by atoms with E-state index in [0.29, 0.717) is 0 Å². The first-order valence-electron chi connectivity index (χ1n) is 27.6. The van der Waals surface area contributed by atoms with Crippen molar-refractivity contribution in [3.05, 3.63) is 249 Å². The maximum Gasteiger partial charge on any atom is 0.496 e. The Morgan fingerprint density at radius 2 is 0.667 bits per heavy atom. The number of halogens is 2. The maximum atomic E-state index is 6.14. The third kappa shape index (κ3) is 10.8. The Kier molecular flexibility index (Phi) is 15.5. The van der Waals surface area contributed by atoms with Gasteiger partial charge in [-0.2, -0.15) is 0 Å². The third-order valence-electron chi connectivity index (χ3n) is 16.3. The van der Waals surface area contributed by atoms with Crippen molar-refractivity contribution >= 4 is 87.5 Å². The van der Waals surface area contributed by atoms with Crippen LogP contribution >= 0.6 is 31.9 Å². The van der Waals surface area contributed by atoms with E-state index in [1.165, 1.54) is 113 Å². The van der Waals surface area contributed by atoms with Crippen molar-refractivity contribution < 1.29 is 9.31 Å². The normalized spacial score (nSPS) is 13.5. The lowest BCUT2D eigenvalue weighted by atomic mass is 9.79. The van der Waals surface area contributed by atoms with Crippen LogP contribution in [0.1, 0.15) is 61.1 Å². The molecule has 81 heavy (non-hydrogen) atoms. The van der Waals surface area contributed by atoms with Gasteiger partial charge < -0.3 is 9.31 Å². The standard InChI is InChI=1S/C40H32N2.C19H24BNO2.C14H8Br2/c1-25-16-17-26(2)37(18-25)29-19-31(23-41-21-29)39-33-12-5-7-14-35(33)40(36-15-8-6-13-34(36)39)32-20-30(22-42-24-32)38-27(3)10-9-11-28(38)4;1-13-8-7-9-14(2)17(13)15-10-16(12-21-11-15)20-22-18(3,4)19(5,6)23-20;15-13-9-5-1-2-6-10(9)14(16)12-8-4-3-7-11(12)13/h5-24H,1-4H3;7-12H,1-6H3;1-8H. The summed E-state index contributed by atoms with van der Waals surface area (Å²) in [6.07, 6.45) is 11.7. The van der Waals surface area contributed by atoms with Gasteiger partial charge in [-0.15, -0.1) is 0 Å². The summed E-state index contributed by atoms with van der Waals surface area (Å²) in [4.78, 5) is 13.9. The summed E-state index contributed by atoms with van der Waals surface area (Å²) in [5, 5.41) is 9.82. The van der Waals surface area contributed by atoms with Crippen molar-refractivity contribution in [1.29, 1.82) is 0 Å². The quantitative estimate of drug-likeness (QED) is 0.123. The van der Waals surface area contributed by atoms with Crippen LogP contribution in [0.25, 0.3) is 98.7 Å². The number of rotatable bonds is 6. The van der Waals surface area contributed by atoms with Crippen LogP contribution in [0.5, 0.6) is 0 Å². The average molecular weight is 1190 g/mol. The molecule has 0 saturated carbocycles. The molecule has 1 saturated heterocycles. The molecule has 3 aromatic heterocycles. The Hall–Kier alpha value is -7.59. The maximum absolute atomic E-state index is 6.14. The minimum Gasteiger partial charge on any atom is -0.399 e. The van der Waals surface area contributed by atoms with Gasteiger partial charge in [0.1, 0.15) is 0 Å². The Balaban J connectivity index is 0.000000147. The fraction of sp³-hybridized carbons (Fsp3) is 0.164. The molecule has 0 atom stereocenters. The van der Waals surface area contributed by atoms with Gasteiger partial charge in [0.2, 0.25) is 0 Å². The van der Waals surface area contributed by atoms with Gasteiger partial charge in [0.05, 0.1) is 11.2 Å². The zero-order valence-corrected chi connectivity index (χ0v) is 50.8. The summed E-state index contributed by atoms with van der Waals surface area (Å²) in [6, 6.07) is 60.5. The molecule has 1 aliphatic heterocycles. The first-order valence-corrected chi connectivity index (χ1v) is 29.2. The predicted octanol–water partition coefficient (Wildman–Crippen LogP) is 19.9. The van der Waals surface area contributed by atoms with Crippen molar-refractivity contribution in [3.63, 3.8) is 0 Å². The molecule has 0 aliphatic carbocycles. The number of hydrogen-bond donors (Lipinski definition) is 0. The highest BCUT2D eigenvalue weighted by molar-refractivity contribution is 9.11. The van der Waals surface area contributed by atoms with Gasteiger partial charge in [-0.1, -0.05) is 163 Å². The van der Waals surface area contributed by atoms with E-state index < -0.39 is 0 Å². The Morgan fingerprint density at radius 1 is 0.333 bits per heavy atom. The fourth-order valence-corrected chi connectivity index (χ4v) is 12.9. The van der Waals surface area contributed by atoms with Gasteiger partial charge in [-0.25, -0.2) is 0 Å². The summed E-state index contributed by atoms with van der Waals surface area (Å²) in [5.74, 6) is 0. The van der Waals surface area contributed by atoms with E-state index in [0.717, 1.165) is 33.3 Å². The zero-order chi connectivity index (χ0) is 56.7. The number of benzene rings is 9. The second-order valence-corrected chi connectivity index (χ2v) is 24.0. The van der Waals surface area contributed by atoms with Gasteiger partial charge in [0.25, 0.3) is 0 Å². The monoisotopic (exact) mass is 1180 g/mol. The van der Waals surface area contributed by atoms with Crippen molar-refractivity contribution in [1.82, 2.24) is 15.0 Å². The highest BCUT2D eigenvalue weighted by Gasteiger charge is 2.52. The van der Waals surface area contributed by atoms with Crippen molar-refractivity contribution in [2.24, 2.45) is 0 Å². The summed E-state index contributed by atoms with van der Waals surface area (Å²) >= 11 is 7.39. The highest BCUT2D eigenvalue weighted by atomic mass is 79.9. The second kappa shape index (κ2) is 22.7. The number of hydrogen-bond acceptors (Lipinski definition) is 5. The summed E-state index contributed by atoms with van der Waals surface area (Å²) in [6.45, 7) is 21.2. The summed E-state index contributed by atoms with van der Waals surface area (Å²) in [7, 11) is -0.378. The number of aryl methyl sites for hydroxylation is 6. The molecule has 0 radical (unpaired) electrons. The van der Waals surface area contributed by atoms with Crippen LogP contribution < -0.4 is 5.46 Å². The first-order chi connectivity index (χ1) is 39.0. The van der Waals surface area contributed by atoms with Crippen LogP contribution in [0.2, 0.25) is 0 Å². The lowest BCUT2D eigenvalue weighted by Gasteiger charge is -2.32. The van der Waals surface area contributed by atoms with Crippen LogP contribution in [0, 0.1) is 41.5 Å². The van der Waals surface area contributed by atoms with E-state index in [2.05, 4.69) is 276 Å². The molecule has 0 unspecified atom stereocenters. The van der Waals surface area contributed by atoms with Gasteiger partial charge in [-0.05, 0) is 212 Å². The fourth-order valence-electron chi connectivity index (χ4n) is 11.5. The van der Waals surface area contributed by atoms with Crippen molar-refractivity contribution in [2.75, 3.05) is 0 Å². The summed E-state index contributed by atoms with van der Waals surface area (Å²) in [5.41, 5.74) is 19.6. The van der Waals surface area contributed by atoms with E-state index in [-0.39, 0.29) is 18.3 Å². The highest BCUT2D eigenvalue weighted by Crippen LogP contribution is 2.45. The van der Waals surface area contributed by atoms with E-state index >= 15 is 0 Å². The molecule has 0 bridgehead atoms. The molecule has 13 rings (SSSR count). The topological polar surface area (TPSA) is 57.1 Å². The number of aromatic nitrogens is 3. The molecule has 0 amide bonds. The molecule has 1 fully saturated rings. The van der Waals surface area contributed by atoms with Crippen LogP contribution in [0.4, 0.5) is 0 Å². The van der Waals surface area contributed by atoms with Crippen LogP contribution in [-0.2, 0) is 9.31 Å². The molecule has 12 aromatic rings. The van der Waals surface area contributed by atoms with Crippen LogP contribution in [0.3, 0.4) is 0 Å². The SMILES string of the molecule is Brc1c2ccccc2c(Br)c2ccccc12.Cc1ccc(C)c(-c2cncc(-c3c4ccccc4c(-c4cncc(-c5c(C)cccc5C)c4)c4ccccc34)c2)c1.Cc1cccc(C)c1-c1cncc(B2OC(C)(C)C(C)(C)O2)c1. The smallest absolute Gasteiger partial charge is 0.399 e. The van der Waals surface area contributed by atoms with E-state index in [4.69, 9.17) is 19.3 Å².